The zero-order valence-corrected chi connectivity index (χ0v) is 16.6. The smallest absolute Gasteiger partial charge is 0.334 e. The number of hydrogen-bond acceptors (Lipinski definition) is 5. The summed E-state index contributed by atoms with van der Waals surface area (Å²) in [5.74, 6) is -0.379. The molecular weight excluding hydrogens is 336 g/mol. The summed E-state index contributed by atoms with van der Waals surface area (Å²) in [5, 5.41) is 0. The summed E-state index contributed by atoms with van der Waals surface area (Å²) in [5.41, 5.74) is 5.72. The van der Waals surface area contributed by atoms with Gasteiger partial charge in [0, 0.05) is 16.1 Å². The highest BCUT2D eigenvalue weighted by Gasteiger charge is 2.28. The van der Waals surface area contributed by atoms with Gasteiger partial charge in [0.15, 0.2) is 0 Å². The second kappa shape index (κ2) is 8.13. The zero-order chi connectivity index (χ0) is 17.8. The SMILES string of the molecule is CSc1cc(N)cc(F)c1COP(OC(C)(C)C)OC(C)(C)C. The van der Waals surface area contributed by atoms with Crippen LogP contribution in [0.4, 0.5) is 10.1 Å². The van der Waals surface area contributed by atoms with Crippen LogP contribution < -0.4 is 5.73 Å². The van der Waals surface area contributed by atoms with E-state index >= 15 is 0 Å². The lowest BCUT2D eigenvalue weighted by Crippen LogP contribution is -2.22. The van der Waals surface area contributed by atoms with Crippen LogP contribution in [0.15, 0.2) is 17.0 Å². The minimum absolute atomic E-state index is 0.0696. The monoisotopic (exact) mass is 363 g/mol. The van der Waals surface area contributed by atoms with Crippen molar-refractivity contribution >= 4 is 26.1 Å². The molecule has 0 aliphatic heterocycles. The van der Waals surface area contributed by atoms with Gasteiger partial charge < -0.3 is 19.3 Å². The van der Waals surface area contributed by atoms with Crippen LogP contribution in [0.5, 0.6) is 0 Å². The van der Waals surface area contributed by atoms with Crippen LogP contribution in [-0.4, -0.2) is 17.5 Å². The lowest BCUT2D eigenvalue weighted by Gasteiger charge is -2.30. The van der Waals surface area contributed by atoms with Crippen molar-refractivity contribution in [3.05, 3.63) is 23.5 Å². The van der Waals surface area contributed by atoms with Crippen LogP contribution in [0, 0.1) is 5.82 Å². The standard InChI is InChI=1S/C16H27FNO3PS/c1-15(2,3)20-22(21-16(4,5)6)19-10-12-13(17)8-11(18)9-14(12)23-7/h8-9H,10,18H2,1-7H3. The predicted molar refractivity (Wildman–Crippen MR) is 96.0 cm³/mol. The lowest BCUT2D eigenvalue weighted by atomic mass is 10.2. The molecule has 1 rings (SSSR count). The minimum Gasteiger partial charge on any atom is -0.399 e. The minimum atomic E-state index is -1.61. The molecule has 0 atom stereocenters. The third kappa shape index (κ3) is 7.81. The molecule has 1 aromatic carbocycles. The van der Waals surface area contributed by atoms with Crippen LogP contribution in [0.2, 0.25) is 0 Å². The van der Waals surface area contributed by atoms with Gasteiger partial charge in [0.05, 0.1) is 17.8 Å². The lowest BCUT2D eigenvalue weighted by molar-refractivity contribution is 0.0302. The van der Waals surface area contributed by atoms with E-state index in [9.17, 15) is 4.39 Å². The number of benzene rings is 1. The van der Waals surface area contributed by atoms with Gasteiger partial charge in [-0.15, -0.1) is 11.8 Å². The number of anilines is 1. The average molecular weight is 363 g/mol. The molecule has 23 heavy (non-hydrogen) atoms. The second-order valence-corrected chi connectivity index (χ2v) is 9.01. The zero-order valence-electron chi connectivity index (χ0n) is 14.9. The van der Waals surface area contributed by atoms with E-state index < -0.39 is 19.8 Å². The van der Waals surface area contributed by atoms with Crippen molar-refractivity contribution < 1.29 is 18.0 Å². The Balaban J connectivity index is 2.90. The van der Waals surface area contributed by atoms with Gasteiger partial charge in [-0.05, 0) is 59.9 Å². The van der Waals surface area contributed by atoms with E-state index in [0.717, 1.165) is 4.90 Å². The molecule has 0 unspecified atom stereocenters. The fourth-order valence-corrected chi connectivity index (χ4v) is 3.52. The van der Waals surface area contributed by atoms with E-state index in [-0.39, 0.29) is 12.4 Å². The van der Waals surface area contributed by atoms with E-state index in [1.807, 2.05) is 47.8 Å². The number of nitrogen functional groups attached to an aromatic ring is 1. The molecule has 0 bridgehead atoms. The molecule has 0 saturated carbocycles. The maximum absolute atomic E-state index is 14.2. The maximum atomic E-state index is 14.2. The average Bonchev–Trinajstić information content (AvgIpc) is 2.32. The molecule has 0 saturated heterocycles. The molecule has 0 aliphatic rings. The number of thioether (sulfide) groups is 1. The maximum Gasteiger partial charge on any atom is 0.334 e. The van der Waals surface area contributed by atoms with Crippen LogP contribution in [0.3, 0.4) is 0 Å². The second-order valence-electron chi connectivity index (χ2n) is 7.09. The Labute approximate surface area is 144 Å². The van der Waals surface area contributed by atoms with E-state index in [0.29, 0.717) is 11.3 Å². The Morgan fingerprint density at radius 2 is 1.61 bits per heavy atom. The van der Waals surface area contributed by atoms with Gasteiger partial charge >= 0.3 is 8.60 Å². The Kier molecular flexibility index (Phi) is 7.30. The van der Waals surface area contributed by atoms with Gasteiger partial charge in [0.1, 0.15) is 5.82 Å². The van der Waals surface area contributed by atoms with Crippen molar-refractivity contribution in [2.45, 2.75) is 64.2 Å². The van der Waals surface area contributed by atoms with Gasteiger partial charge in [-0.25, -0.2) is 4.39 Å². The fraction of sp³-hybridized carbons (Fsp3) is 0.625. The van der Waals surface area contributed by atoms with Crippen molar-refractivity contribution in [3.8, 4) is 0 Å². The van der Waals surface area contributed by atoms with Crippen molar-refractivity contribution in [2.24, 2.45) is 0 Å². The summed E-state index contributed by atoms with van der Waals surface area (Å²) in [6.07, 6.45) is 1.87. The highest BCUT2D eigenvalue weighted by Crippen LogP contribution is 2.48. The number of hydrogen-bond donors (Lipinski definition) is 1. The van der Waals surface area contributed by atoms with E-state index in [1.165, 1.54) is 17.8 Å². The number of rotatable bonds is 6. The van der Waals surface area contributed by atoms with Crippen molar-refractivity contribution in [1.29, 1.82) is 0 Å². The molecule has 7 heteroatoms. The summed E-state index contributed by atoms with van der Waals surface area (Å²) in [4.78, 5) is 0.754. The van der Waals surface area contributed by atoms with Crippen LogP contribution in [0.25, 0.3) is 0 Å². The Bertz CT molecular complexity index is 513. The third-order valence-electron chi connectivity index (χ3n) is 2.41. The highest BCUT2D eigenvalue weighted by atomic mass is 32.2. The van der Waals surface area contributed by atoms with Crippen LogP contribution in [0.1, 0.15) is 47.1 Å². The largest absolute Gasteiger partial charge is 0.399 e. The van der Waals surface area contributed by atoms with Crippen LogP contribution in [-0.2, 0) is 20.2 Å². The summed E-state index contributed by atoms with van der Waals surface area (Å²) >= 11 is 1.43. The summed E-state index contributed by atoms with van der Waals surface area (Å²) in [6.45, 7) is 11.6. The van der Waals surface area contributed by atoms with Gasteiger partial charge in [-0.3, -0.25) is 0 Å². The van der Waals surface area contributed by atoms with Gasteiger partial charge in [0.25, 0.3) is 0 Å². The van der Waals surface area contributed by atoms with Gasteiger partial charge in [-0.1, -0.05) is 0 Å². The first-order chi connectivity index (χ1) is 10.4. The highest BCUT2D eigenvalue weighted by molar-refractivity contribution is 7.98. The topological polar surface area (TPSA) is 53.7 Å². The van der Waals surface area contributed by atoms with Crippen LogP contribution >= 0.6 is 20.4 Å². The summed E-state index contributed by atoms with van der Waals surface area (Å²) < 4.78 is 31.6. The third-order valence-corrected chi connectivity index (χ3v) is 4.95. The molecule has 0 heterocycles. The first-order valence-electron chi connectivity index (χ1n) is 7.34. The number of halogens is 1. The van der Waals surface area contributed by atoms with Gasteiger partial charge in [-0.2, -0.15) is 0 Å². The van der Waals surface area contributed by atoms with E-state index in [4.69, 9.17) is 19.3 Å². The molecule has 132 valence electrons. The molecule has 0 aromatic heterocycles. The fourth-order valence-electron chi connectivity index (χ4n) is 1.59. The first-order valence-corrected chi connectivity index (χ1v) is 9.66. The molecule has 0 radical (unpaired) electrons. The Morgan fingerprint density at radius 3 is 2.04 bits per heavy atom. The van der Waals surface area contributed by atoms with Crippen molar-refractivity contribution in [3.63, 3.8) is 0 Å². The molecule has 0 aliphatic carbocycles. The van der Waals surface area contributed by atoms with Crippen molar-refractivity contribution in [1.82, 2.24) is 0 Å². The molecule has 0 spiro atoms. The van der Waals surface area contributed by atoms with E-state index in [2.05, 4.69) is 0 Å². The van der Waals surface area contributed by atoms with Crippen molar-refractivity contribution in [2.75, 3.05) is 12.0 Å². The summed E-state index contributed by atoms with van der Waals surface area (Å²) in [7, 11) is -1.61. The van der Waals surface area contributed by atoms with Gasteiger partial charge in [0.2, 0.25) is 0 Å². The summed E-state index contributed by atoms with van der Waals surface area (Å²) in [6, 6.07) is 3.04. The van der Waals surface area contributed by atoms with E-state index in [1.54, 1.807) is 6.07 Å². The Morgan fingerprint density at radius 1 is 1.09 bits per heavy atom. The molecule has 1 aromatic rings. The normalized spacial score (nSPS) is 12.9. The Hall–Kier alpha value is -0.390. The quantitative estimate of drug-likeness (QED) is 0.411. The predicted octanol–water partition coefficient (Wildman–Crippen LogP) is 5.50. The molecule has 2 N–H and O–H groups in total. The molecule has 4 nitrogen and oxygen atoms in total. The first kappa shape index (κ1) is 20.7. The molecular formula is C16H27FNO3PS. The number of nitrogens with two attached hydrogens (primary N) is 1. The molecule has 0 fully saturated rings. The molecule has 0 amide bonds.